The molecule has 0 radical (unpaired) electrons. The van der Waals surface area contributed by atoms with Gasteiger partial charge >= 0.3 is 0 Å². The van der Waals surface area contributed by atoms with Crippen LogP contribution in [0.2, 0.25) is 0 Å². The molecule has 0 spiro atoms. The molecule has 112 valence electrons. The van der Waals surface area contributed by atoms with Crippen molar-refractivity contribution in [3.8, 4) is 5.75 Å². The van der Waals surface area contributed by atoms with Crippen LogP contribution in [0.5, 0.6) is 5.75 Å². The molecule has 0 unspecified atom stereocenters. The van der Waals surface area contributed by atoms with Gasteiger partial charge in [-0.05, 0) is 41.7 Å². The van der Waals surface area contributed by atoms with E-state index in [1.54, 1.807) is 7.11 Å². The Morgan fingerprint density at radius 2 is 1.90 bits per heavy atom. The third kappa shape index (κ3) is 3.97. The zero-order valence-corrected chi connectivity index (χ0v) is 13.5. The Labute approximate surface area is 127 Å². The standard InChI is InChI=1S/C18H24N2O/c1-13-6-7-14(11-19-13)12-20-16-10-15(18(2,3)4)8-9-17(16)21-5/h6-11,20H,12H2,1-5H3. The van der Waals surface area contributed by atoms with Crippen molar-refractivity contribution in [1.82, 2.24) is 4.98 Å². The van der Waals surface area contributed by atoms with Crippen LogP contribution in [0, 0.1) is 6.92 Å². The number of aromatic nitrogens is 1. The van der Waals surface area contributed by atoms with E-state index in [4.69, 9.17) is 4.74 Å². The van der Waals surface area contributed by atoms with E-state index in [1.165, 1.54) is 5.56 Å². The molecule has 21 heavy (non-hydrogen) atoms. The van der Waals surface area contributed by atoms with Crippen molar-refractivity contribution in [3.63, 3.8) is 0 Å². The molecule has 0 aliphatic heterocycles. The summed E-state index contributed by atoms with van der Waals surface area (Å²) in [5.41, 5.74) is 4.61. The van der Waals surface area contributed by atoms with E-state index < -0.39 is 0 Å². The molecule has 2 aromatic rings. The summed E-state index contributed by atoms with van der Waals surface area (Å²) >= 11 is 0. The number of methoxy groups -OCH3 is 1. The zero-order chi connectivity index (χ0) is 15.5. The SMILES string of the molecule is COc1ccc(C(C)(C)C)cc1NCc1ccc(C)nc1. The van der Waals surface area contributed by atoms with Crippen molar-refractivity contribution < 1.29 is 4.74 Å². The Morgan fingerprint density at radius 1 is 1.14 bits per heavy atom. The second-order valence-electron chi connectivity index (χ2n) is 6.33. The topological polar surface area (TPSA) is 34.1 Å². The minimum Gasteiger partial charge on any atom is -0.495 e. The summed E-state index contributed by atoms with van der Waals surface area (Å²) in [6.07, 6.45) is 1.91. The van der Waals surface area contributed by atoms with Crippen LogP contribution in [0.25, 0.3) is 0 Å². The smallest absolute Gasteiger partial charge is 0.141 e. The quantitative estimate of drug-likeness (QED) is 0.908. The molecule has 0 saturated heterocycles. The lowest BCUT2D eigenvalue weighted by molar-refractivity contribution is 0.416. The van der Waals surface area contributed by atoms with Gasteiger partial charge in [0.15, 0.2) is 0 Å². The van der Waals surface area contributed by atoms with Gasteiger partial charge in [-0.2, -0.15) is 0 Å². The molecule has 0 bridgehead atoms. The number of ether oxygens (including phenoxy) is 1. The first-order chi connectivity index (χ1) is 9.90. The largest absolute Gasteiger partial charge is 0.495 e. The third-order valence-electron chi connectivity index (χ3n) is 3.52. The molecule has 0 aliphatic rings. The van der Waals surface area contributed by atoms with Crippen LogP contribution >= 0.6 is 0 Å². The second kappa shape index (κ2) is 6.17. The van der Waals surface area contributed by atoms with Gasteiger partial charge in [0.1, 0.15) is 5.75 Å². The highest BCUT2D eigenvalue weighted by Crippen LogP contribution is 2.31. The molecule has 1 heterocycles. The molecule has 0 atom stereocenters. The minimum absolute atomic E-state index is 0.119. The average molecular weight is 284 g/mol. The zero-order valence-electron chi connectivity index (χ0n) is 13.5. The summed E-state index contributed by atoms with van der Waals surface area (Å²) in [5.74, 6) is 0.864. The lowest BCUT2D eigenvalue weighted by atomic mass is 9.87. The van der Waals surface area contributed by atoms with E-state index >= 15 is 0 Å². The fourth-order valence-corrected chi connectivity index (χ4v) is 2.11. The van der Waals surface area contributed by atoms with E-state index in [0.717, 1.165) is 29.2 Å². The van der Waals surface area contributed by atoms with E-state index in [1.807, 2.05) is 25.3 Å². The minimum atomic E-state index is 0.119. The molecular weight excluding hydrogens is 260 g/mol. The number of nitrogens with zero attached hydrogens (tertiary/aromatic N) is 1. The number of pyridine rings is 1. The van der Waals surface area contributed by atoms with Crippen LogP contribution in [-0.2, 0) is 12.0 Å². The van der Waals surface area contributed by atoms with Crippen molar-refractivity contribution in [2.75, 3.05) is 12.4 Å². The van der Waals surface area contributed by atoms with Crippen LogP contribution in [0.3, 0.4) is 0 Å². The van der Waals surface area contributed by atoms with Crippen molar-refractivity contribution in [2.45, 2.75) is 39.7 Å². The van der Waals surface area contributed by atoms with Crippen molar-refractivity contribution >= 4 is 5.69 Å². The number of rotatable bonds is 4. The Bertz CT molecular complexity index is 598. The highest BCUT2D eigenvalue weighted by Gasteiger charge is 2.15. The van der Waals surface area contributed by atoms with E-state index in [0.29, 0.717) is 0 Å². The number of aryl methyl sites for hydroxylation is 1. The van der Waals surface area contributed by atoms with Gasteiger partial charge in [-0.1, -0.05) is 32.9 Å². The molecule has 2 rings (SSSR count). The molecule has 0 aliphatic carbocycles. The van der Waals surface area contributed by atoms with Gasteiger partial charge in [-0.25, -0.2) is 0 Å². The maximum absolute atomic E-state index is 5.44. The monoisotopic (exact) mass is 284 g/mol. The Kier molecular flexibility index (Phi) is 4.51. The van der Waals surface area contributed by atoms with Crippen molar-refractivity contribution in [2.24, 2.45) is 0 Å². The third-order valence-corrected chi connectivity index (χ3v) is 3.52. The lowest BCUT2D eigenvalue weighted by Crippen LogP contribution is -2.12. The van der Waals surface area contributed by atoms with Gasteiger partial charge in [0.2, 0.25) is 0 Å². The van der Waals surface area contributed by atoms with Crippen LogP contribution < -0.4 is 10.1 Å². The molecular formula is C18H24N2O. The summed E-state index contributed by atoms with van der Waals surface area (Å²) in [4.78, 5) is 4.32. The summed E-state index contributed by atoms with van der Waals surface area (Å²) in [5, 5.41) is 3.45. The molecule has 3 nitrogen and oxygen atoms in total. The van der Waals surface area contributed by atoms with Crippen molar-refractivity contribution in [3.05, 3.63) is 53.3 Å². The Balaban J connectivity index is 2.19. The Hall–Kier alpha value is -2.03. The second-order valence-corrected chi connectivity index (χ2v) is 6.33. The predicted molar refractivity (Wildman–Crippen MR) is 88.0 cm³/mol. The van der Waals surface area contributed by atoms with E-state index in [2.05, 4.69) is 49.3 Å². The summed E-state index contributed by atoms with van der Waals surface area (Å²) in [6.45, 7) is 9.36. The summed E-state index contributed by atoms with van der Waals surface area (Å²) in [7, 11) is 1.70. The number of anilines is 1. The molecule has 1 N–H and O–H groups in total. The van der Waals surface area contributed by atoms with Gasteiger partial charge < -0.3 is 10.1 Å². The molecule has 1 aromatic carbocycles. The maximum atomic E-state index is 5.44. The first-order valence-electron chi connectivity index (χ1n) is 7.24. The number of benzene rings is 1. The van der Waals surface area contributed by atoms with Gasteiger partial charge in [-0.15, -0.1) is 0 Å². The van der Waals surface area contributed by atoms with Crippen LogP contribution in [0.4, 0.5) is 5.69 Å². The average Bonchev–Trinajstić information content (AvgIpc) is 2.45. The molecule has 3 heteroatoms. The molecule has 0 fully saturated rings. The number of hydrogen-bond donors (Lipinski definition) is 1. The van der Waals surface area contributed by atoms with Crippen LogP contribution in [0.1, 0.15) is 37.6 Å². The first kappa shape index (κ1) is 15.4. The highest BCUT2D eigenvalue weighted by molar-refractivity contribution is 5.59. The first-order valence-corrected chi connectivity index (χ1v) is 7.24. The fraction of sp³-hybridized carbons (Fsp3) is 0.389. The fourth-order valence-electron chi connectivity index (χ4n) is 2.11. The van der Waals surface area contributed by atoms with Crippen LogP contribution in [0.15, 0.2) is 36.5 Å². The van der Waals surface area contributed by atoms with Gasteiger partial charge in [-0.3, -0.25) is 4.98 Å². The summed E-state index contributed by atoms with van der Waals surface area (Å²) in [6, 6.07) is 10.4. The normalized spacial score (nSPS) is 11.3. The highest BCUT2D eigenvalue weighted by atomic mass is 16.5. The number of hydrogen-bond acceptors (Lipinski definition) is 3. The molecule has 1 aromatic heterocycles. The number of nitrogens with one attached hydrogen (secondary N) is 1. The van der Waals surface area contributed by atoms with Gasteiger partial charge in [0.25, 0.3) is 0 Å². The Morgan fingerprint density at radius 3 is 2.48 bits per heavy atom. The van der Waals surface area contributed by atoms with Gasteiger partial charge in [0, 0.05) is 18.4 Å². The van der Waals surface area contributed by atoms with Gasteiger partial charge in [0.05, 0.1) is 12.8 Å². The summed E-state index contributed by atoms with van der Waals surface area (Å²) < 4.78 is 5.44. The van der Waals surface area contributed by atoms with E-state index in [-0.39, 0.29) is 5.41 Å². The van der Waals surface area contributed by atoms with E-state index in [9.17, 15) is 0 Å². The van der Waals surface area contributed by atoms with Crippen LogP contribution in [-0.4, -0.2) is 12.1 Å². The maximum Gasteiger partial charge on any atom is 0.141 e. The molecule has 0 amide bonds. The molecule has 0 saturated carbocycles. The lowest BCUT2D eigenvalue weighted by Gasteiger charge is -2.21. The van der Waals surface area contributed by atoms with Crippen molar-refractivity contribution in [1.29, 1.82) is 0 Å². The predicted octanol–water partition coefficient (Wildman–Crippen LogP) is 4.31.